The highest BCUT2D eigenvalue weighted by Gasteiger charge is 2.09. The maximum absolute atomic E-state index is 5.93. The second-order valence-corrected chi connectivity index (χ2v) is 6.22. The first-order chi connectivity index (χ1) is 10.1. The van der Waals surface area contributed by atoms with Crippen molar-refractivity contribution in [2.24, 2.45) is 5.92 Å². The number of hydrogen-bond acceptors (Lipinski definition) is 2. The summed E-state index contributed by atoms with van der Waals surface area (Å²) >= 11 is 5.93. The van der Waals surface area contributed by atoms with Gasteiger partial charge in [-0.1, -0.05) is 44.5 Å². The molecular weight excluding hydrogens is 282 g/mol. The largest absolute Gasteiger partial charge is 0.312 e. The van der Waals surface area contributed by atoms with E-state index in [2.05, 4.69) is 48.0 Å². The monoisotopic (exact) mass is 305 g/mol. The van der Waals surface area contributed by atoms with Crippen LogP contribution in [0.25, 0.3) is 0 Å². The molecule has 0 spiro atoms. The van der Waals surface area contributed by atoms with Crippen molar-refractivity contribution in [2.75, 3.05) is 6.54 Å². The van der Waals surface area contributed by atoms with Gasteiger partial charge in [0.1, 0.15) is 0 Å². The Bertz CT molecular complexity index is 558. The highest BCUT2D eigenvalue weighted by molar-refractivity contribution is 6.30. The third-order valence-electron chi connectivity index (χ3n) is 3.48. The highest BCUT2D eigenvalue weighted by atomic mass is 35.5. The molecule has 0 aliphatic rings. The summed E-state index contributed by atoms with van der Waals surface area (Å²) in [4.78, 5) is 0. The Balaban J connectivity index is 2.06. The molecule has 21 heavy (non-hydrogen) atoms. The minimum absolute atomic E-state index is 0.666. The molecule has 0 aliphatic carbocycles. The van der Waals surface area contributed by atoms with Gasteiger partial charge >= 0.3 is 0 Å². The van der Waals surface area contributed by atoms with Gasteiger partial charge in [-0.2, -0.15) is 5.10 Å². The number of nitrogens with zero attached hydrogens (tertiary/aromatic N) is 2. The van der Waals surface area contributed by atoms with Crippen LogP contribution < -0.4 is 5.32 Å². The summed E-state index contributed by atoms with van der Waals surface area (Å²) in [7, 11) is 0. The molecule has 1 heterocycles. The summed E-state index contributed by atoms with van der Waals surface area (Å²) in [5.74, 6) is 0.666. The van der Waals surface area contributed by atoms with Crippen LogP contribution in [0.3, 0.4) is 0 Å². The molecule has 0 saturated carbocycles. The lowest BCUT2D eigenvalue weighted by Crippen LogP contribution is -2.19. The van der Waals surface area contributed by atoms with Gasteiger partial charge in [-0.15, -0.1) is 0 Å². The molecule has 0 bridgehead atoms. The van der Waals surface area contributed by atoms with Crippen molar-refractivity contribution in [3.05, 3.63) is 52.3 Å². The fourth-order valence-electron chi connectivity index (χ4n) is 2.40. The normalized spacial score (nSPS) is 11.3. The van der Waals surface area contributed by atoms with E-state index in [-0.39, 0.29) is 0 Å². The lowest BCUT2D eigenvalue weighted by Gasteiger charge is -2.10. The van der Waals surface area contributed by atoms with Gasteiger partial charge in [0, 0.05) is 22.8 Å². The van der Waals surface area contributed by atoms with E-state index in [0.29, 0.717) is 5.92 Å². The van der Waals surface area contributed by atoms with E-state index >= 15 is 0 Å². The molecule has 0 fully saturated rings. The molecule has 3 nitrogen and oxygen atoms in total. The molecule has 0 amide bonds. The first-order valence-electron chi connectivity index (χ1n) is 7.58. The van der Waals surface area contributed by atoms with Crippen LogP contribution in [0, 0.1) is 5.92 Å². The van der Waals surface area contributed by atoms with Crippen molar-refractivity contribution in [1.29, 1.82) is 0 Å². The van der Waals surface area contributed by atoms with Gasteiger partial charge in [0.25, 0.3) is 0 Å². The van der Waals surface area contributed by atoms with Gasteiger partial charge in [0.15, 0.2) is 0 Å². The lowest BCUT2D eigenvalue weighted by molar-refractivity contribution is 0.549. The molecule has 1 aromatic heterocycles. The van der Waals surface area contributed by atoms with Crippen molar-refractivity contribution in [3.8, 4) is 0 Å². The highest BCUT2D eigenvalue weighted by Crippen LogP contribution is 2.14. The van der Waals surface area contributed by atoms with Crippen molar-refractivity contribution in [3.63, 3.8) is 0 Å². The predicted octanol–water partition coefficient (Wildman–Crippen LogP) is 3.89. The minimum Gasteiger partial charge on any atom is -0.312 e. The molecule has 0 aliphatic heterocycles. The number of halogens is 1. The summed E-state index contributed by atoms with van der Waals surface area (Å²) in [6.07, 6.45) is 2.98. The van der Waals surface area contributed by atoms with Crippen molar-refractivity contribution < 1.29 is 0 Å². The van der Waals surface area contributed by atoms with Crippen LogP contribution in [0.4, 0.5) is 0 Å². The van der Waals surface area contributed by atoms with Crippen LogP contribution in [0.5, 0.6) is 0 Å². The Kier molecular flexibility index (Phi) is 5.83. The van der Waals surface area contributed by atoms with Crippen LogP contribution in [-0.4, -0.2) is 16.3 Å². The molecule has 4 heteroatoms. The third-order valence-corrected chi connectivity index (χ3v) is 3.74. The second-order valence-electron chi connectivity index (χ2n) is 5.78. The molecule has 2 aromatic rings. The number of nitrogens with one attached hydrogen (secondary N) is 1. The van der Waals surface area contributed by atoms with Crippen LogP contribution in [0.2, 0.25) is 5.02 Å². The van der Waals surface area contributed by atoms with Gasteiger partial charge in [0.2, 0.25) is 0 Å². The van der Waals surface area contributed by atoms with Gasteiger partial charge in [0.05, 0.1) is 12.7 Å². The number of rotatable bonds is 7. The zero-order valence-electron chi connectivity index (χ0n) is 13.1. The van der Waals surface area contributed by atoms with Gasteiger partial charge < -0.3 is 5.32 Å². The molecule has 0 atom stereocenters. The van der Waals surface area contributed by atoms with Crippen molar-refractivity contribution in [2.45, 2.75) is 40.3 Å². The van der Waals surface area contributed by atoms with E-state index < -0.39 is 0 Å². The van der Waals surface area contributed by atoms with Crippen LogP contribution in [0.15, 0.2) is 30.5 Å². The molecule has 1 aromatic carbocycles. The number of hydrogen-bond donors (Lipinski definition) is 1. The first kappa shape index (κ1) is 16.1. The standard InChI is InChI=1S/C17H24ClN3/c1-4-17-15(10-19-9-13(2)3)11-20-21(17)12-14-5-7-16(18)8-6-14/h5-8,11,13,19H,4,9-10,12H2,1-3H3. The maximum atomic E-state index is 5.93. The Labute approximate surface area is 132 Å². The number of benzene rings is 1. The Morgan fingerprint density at radius 1 is 1.24 bits per heavy atom. The topological polar surface area (TPSA) is 29.9 Å². The van der Waals surface area contributed by atoms with Crippen LogP contribution in [-0.2, 0) is 19.5 Å². The van der Waals surface area contributed by atoms with E-state index in [0.717, 1.165) is 31.1 Å². The average Bonchev–Trinajstić information content (AvgIpc) is 2.83. The fourth-order valence-corrected chi connectivity index (χ4v) is 2.53. The molecule has 114 valence electrons. The lowest BCUT2D eigenvalue weighted by atomic mass is 10.1. The van der Waals surface area contributed by atoms with E-state index in [1.165, 1.54) is 16.8 Å². The Morgan fingerprint density at radius 2 is 1.95 bits per heavy atom. The molecule has 2 rings (SSSR count). The van der Waals surface area contributed by atoms with E-state index in [9.17, 15) is 0 Å². The summed E-state index contributed by atoms with van der Waals surface area (Å²) in [6.45, 7) is 9.34. The summed E-state index contributed by atoms with van der Waals surface area (Å²) in [6, 6.07) is 7.97. The van der Waals surface area contributed by atoms with Crippen LogP contribution >= 0.6 is 11.6 Å². The molecule has 0 unspecified atom stereocenters. The quantitative estimate of drug-likeness (QED) is 0.841. The Hall–Kier alpha value is -1.32. The molecule has 0 saturated heterocycles. The second kappa shape index (κ2) is 7.62. The Morgan fingerprint density at radius 3 is 2.57 bits per heavy atom. The van der Waals surface area contributed by atoms with Gasteiger partial charge in [-0.3, -0.25) is 4.68 Å². The van der Waals surface area contributed by atoms with Crippen molar-refractivity contribution in [1.82, 2.24) is 15.1 Å². The third kappa shape index (κ3) is 4.58. The zero-order valence-corrected chi connectivity index (χ0v) is 13.8. The maximum Gasteiger partial charge on any atom is 0.0662 e. The molecule has 0 radical (unpaired) electrons. The molecular formula is C17H24ClN3. The van der Waals surface area contributed by atoms with Crippen LogP contribution in [0.1, 0.15) is 37.6 Å². The smallest absolute Gasteiger partial charge is 0.0662 e. The number of aromatic nitrogens is 2. The molecule has 1 N–H and O–H groups in total. The summed E-state index contributed by atoms with van der Waals surface area (Å²) in [5, 5.41) is 8.81. The zero-order chi connectivity index (χ0) is 15.2. The van der Waals surface area contributed by atoms with E-state index in [1.54, 1.807) is 0 Å². The van der Waals surface area contributed by atoms with E-state index in [1.807, 2.05) is 18.3 Å². The predicted molar refractivity (Wildman–Crippen MR) is 88.7 cm³/mol. The fraction of sp³-hybridized carbons (Fsp3) is 0.471. The van der Waals surface area contributed by atoms with E-state index in [4.69, 9.17) is 11.6 Å². The average molecular weight is 306 g/mol. The first-order valence-corrected chi connectivity index (χ1v) is 7.96. The SMILES string of the molecule is CCc1c(CNCC(C)C)cnn1Cc1ccc(Cl)cc1. The van der Waals surface area contributed by atoms with Gasteiger partial charge in [-0.25, -0.2) is 0 Å². The van der Waals surface area contributed by atoms with Crippen molar-refractivity contribution >= 4 is 11.6 Å². The minimum atomic E-state index is 0.666. The summed E-state index contributed by atoms with van der Waals surface area (Å²) in [5.41, 5.74) is 3.83. The van der Waals surface area contributed by atoms with Gasteiger partial charge in [-0.05, 0) is 36.6 Å². The summed E-state index contributed by atoms with van der Waals surface area (Å²) < 4.78 is 2.09.